The number of halogens is 1. The van der Waals surface area contributed by atoms with Crippen molar-refractivity contribution < 1.29 is 9.59 Å². The van der Waals surface area contributed by atoms with E-state index < -0.39 is 0 Å². The smallest absolute Gasteiger partial charge is 0.253 e. The van der Waals surface area contributed by atoms with Crippen LogP contribution in [0.5, 0.6) is 0 Å². The zero-order valence-electron chi connectivity index (χ0n) is 13.1. The third kappa shape index (κ3) is 5.00. The second-order valence-corrected chi connectivity index (χ2v) is 5.68. The molecule has 0 aliphatic carbocycles. The Morgan fingerprint density at radius 1 is 1.23 bits per heavy atom. The lowest BCUT2D eigenvalue weighted by molar-refractivity contribution is 0.0826. The molecule has 1 unspecified atom stereocenters. The number of nitrogens with one attached hydrogen (secondary N) is 2. The summed E-state index contributed by atoms with van der Waals surface area (Å²) in [6, 6.07) is 6.78. The maximum atomic E-state index is 12.0. The standard InChI is InChI=1S/C16H23N3O2.ClH/c1-19(2)16(21)14-5-3-13(4-6-14)15(20)18-10-8-12-7-9-17-11-12;/h3-6,12,17H,7-11H2,1-2H3,(H,18,20);1H. The van der Waals surface area contributed by atoms with Gasteiger partial charge in [0.15, 0.2) is 0 Å². The number of amides is 2. The molecule has 0 aromatic heterocycles. The molecule has 0 bridgehead atoms. The summed E-state index contributed by atoms with van der Waals surface area (Å²) in [6.45, 7) is 2.83. The molecule has 6 heteroatoms. The van der Waals surface area contributed by atoms with E-state index in [-0.39, 0.29) is 24.2 Å². The molecule has 2 rings (SSSR count). The van der Waals surface area contributed by atoms with Crippen molar-refractivity contribution in [1.29, 1.82) is 0 Å². The van der Waals surface area contributed by atoms with Crippen molar-refractivity contribution in [3.63, 3.8) is 0 Å². The monoisotopic (exact) mass is 325 g/mol. The first-order valence-electron chi connectivity index (χ1n) is 7.38. The molecule has 1 heterocycles. The summed E-state index contributed by atoms with van der Waals surface area (Å²) in [4.78, 5) is 25.3. The van der Waals surface area contributed by atoms with E-state index in [1.807, 2.05) is 0 Å². The number of rotatable bonds is 5. The van der Waals surface area contributed by atoms with Crippen molar-refractivity contribution in [2.75, 3.05) is 33.7 Å². The normalized spacial score (nSPS) is 16.7. The molecular weight excluding hydrogens is 302 g/mol. The van der Waals surface area contributed by atoms with E-state index >= 15 is 0 Å². The van der Waals surface area contributed by atoms with Gasteiger partial charge in [0.2, 0.25) is 0 Å². The van der Waals surface area contributed by atoms with Gasteiger partial charge in [-0.25, -0.2) is 0 Å². The highest BCUT2D eigenvalue weighted by atomic mass is 35.5. The Morgan fingerprint density at radius 3 is 2.41 bits per heavy atom. The first-order chi connectivity index (χ1) is 10.1. The molecular formula is C16H24ClN3O2. The third-order valence-corrected chi connectivity index (χ3v) is 3.80. The van der Waals surface area contributed by atoms with Crippen molar-refractivity contribution >= 4 is 24.2 Å². The first-order valence-corrected chi connectivity index (χ1v) is 7.38. The summed E-state index contributed by atoms with van der Waals surface area (Å²) in [5.41, 5.74) is 1.18. The lowest BCUT2D eigenvalue weighted by atomic mass is 10.1. The topological polar surface area (TPSA) is 61.4 Å². The Bertz CT molecular complexity index is 497. The minimum Gasteiger partial charge on any atom is -0.352 e. The summed E-state index contributed by atoms with van der Waals surface area (Å²) in [5, 5.41) is 6.25. The number of hydrogen-bond donors (Lipinski definition) is 2. The van der Waals surface area contributed by atoms with E-state index in [1.54, 1.807) is 38.4 Å². The molecule has 1 atom stereocenters. The van der Waals surface area contributed by atoms with Crippen molar-refractivity contribution in [1.82, 2.24) is 15.5 Å². The Labute approximate surface area is 137 Å². The van der Waals surface area contributed by atoms with Crippen molar-refractivity contribution in [2.45, 2.75) is 12.8 Å². The maximum Gasteiger partial charge on any atom is 0.253 e. The van der Waals surface area contributed by atoms with Crippen LogP contribution in [0.2, 0.25) is 0 Å². The number of nitrogens with zero attached hydrogens (tertiary/aromatic N) is 1. The van der Waals surface area contributed by atoms with Crippen LogP contribution in [0, 0.1) is 5.92 Å². The van der Waals surface area contributed by atoms with Crippen molar-refractivity contribution in [3.8, 4) is 0 Å². The Hall–Kier alpha value is -1.59. The minimum atomic E-state index is -0.0789. The van der Waals surface area contributed by atoms with E-state index in [9.17, 15) is 9.59 Å². The second kappa shape index (κ2) is 8.76. The molecule has 1 aromatic carbocycles. The van der Waals surface area contributed by atoms with Crippen LogP contribution in [0.15, 0.2) is 24.3 Å². The van der Waals surface area contributed by atoms with Gasteiger partial charge in [-0.1, -0.05) is 0 Å². The van der Waals surface area contributed by atoms with Crippen LogP contribution in [0.4, 0.5) is 0 Å². The molecule has 1 aromatic rings. The van der Waals surface area contributed by atoms with Gasteiger partial charge in [0.25, 0.3) is 11.8 Å². The highest BCUT2D eigenvalue weighted by molar-refractivity contribution is 5.97. The molecule has 22 heavy (non-hydrogen) atoms. The third-order valence-electron chi connectivity index (χ3n) is 3.80. The van der Waals surface area contributed by atoms with Crippen LogP contribution < -0.4 is 10.6 Å². The molecule has 1 fully saturated rings. The molecule has 1 saturated heterocycles. The van der Waals surface area contributed by atoms with Gasteiger partial charge >= 0.3 is 0 Å². The molecule has 0 spiro atoms. The van der Waals surface area contributed by atoms with Gasteiger partial charge in [-0.2, -0.15) is 0 Å². The zero-order valence-corrected chi connectivity index (χ0v) is 13.9. The molecule has 122 valence electrons. The zero-order chi connectivity index (χ0) is 15.2. The fourth-order valence-corrected chi connectivity index (χ4v) is 2.48. The van der Waals surface area contributed by atoms with Crippen LogP contribution in [0.25, 0.3) is 0 Å². The van der Waals surface area contributed by atoms with Gasteiger partial charge in [-0.3, -0.25) is 9.59 Å². The van der Waals surface area contributed by atoms with Crippen LogP contribution in [0.1, 0.15) is 33.6 Å². The maximum absolute atomic E-state index is 12.0. The number of carbonyl (C=O) groups excluding carboxylic acids is 2. The Kier molecular flexibility index (Phi) is 7.35. The van der Waals surface area contributed by atoms with Crippen LogP contribution in [-0.4, -0.2) is 50.4 Å². The van der Waals surface area contributed by atoms with E-state index in [0.717, 1.165) is 19.5 Å². The van der Waals surface area contributed by atoms with Crippen molar-refractivity contribution in [3.05, 3.63) is 35.4 Å². The van der Waals surface area contributed by atoms with Gasteiger partial charge < -0.3 is 15.5 Å². The van der Waals surface area contributed by atoms with Gasteiger partial charge in [0.1, 0.15) is 0 Å². The molecule has 2 amide bonds. The van der Waals surface area contributed by atoms with E-state index in [0.29, 0.717) is 23.6 Å². The number of benzene rings is 1. The largest absolute Gasteiger partial charge is 0.352 e. The van der Waals surface area contributed by atoms with E-state index in [2.05, 4.69) is 10.6 Å². The van der Waals surface area contributed by atoms with Crippen LogP contribution >= 0.6 is 12.4 Å². The summed E-state index contributed by atoms with van der Waals surface area (Å²) in [5.74, 6) is 0.533. The molecule has 5 nitrogen and oxygen atoms in total. The molecule has 1 aliphatic heterocycles. The predicted octanol–water partition coefficient (Wildman–Crippen LogP) is 1.54. The first kappa shape index (κ1) is 18.5. The van der Waals surface area contributed by atoms with Gasteiger partial charge in [-0.15, -0.1) is 12.4 Å². The van der Waals surface area contributed by atoms with Crippen LogP contribution in [-0.2, 0) is 0 Å². The molecule has 0 radical (unpaired) electrons. The fourth-order valence-electron chi connectivity index (χ4n) is 2.48. The van der Waals surface area contributed by atoms with Crippen molar-refractivity contribution in [2.24, 2.45) is 5.92 Å². The Balaban J connectivity index is 0.00000242. The quantitative estimate of drug-likeness (QED) is 0.863. The fraction of sp³-hybridized carbons (Fsp3) is 0.500. The lowest BCUT2D eigenvalue weighted by Crippen LogP contribution is -2.26. The van der Waals surface area contributed by atoms with Crippen LogP contribution in [0.3, 0.4) is 0 Å². The van der Waals surface area contributed by atoms with Gasteiger partial charge in [0, 0.05) is 31.8 Å². The predicted molar refractivity (Wildman–Crippen MR) is 89.6 cm³/mol. The second-order valence-electron chi connectivity index (χ2n) is 5.68. The van der Waals surface area contributed by atoms with E-state index in [1.165, 1.54) is 11.3 Å². The molecule has 1 aliphatic rings. The summed E-state index contributed by atoms with van der Waals surface area (Å²) in [6.07, 6.45) is 2.20. The summed E-state index contributed by atoms with van der Waals surface area (Å²) < 4.78 is 0. The average Bonchev–Trinajstić information content (AvgIpc) is 2.99. The molecule has 2 N–H and O–H groups in total. The average molecular weight is 326 g/mol. The van der Waals surface area contributed by atoms with Gasteiger partial charge in [-0.05, 0) is 56.1 Å². The number of carbonyl (C=O) groups is 2. The highest BCUT2D eigenvalue weighted by Crippen LogP contribution is 2.11. The lowest BCUT2D eigenvalue weighted by Gasteiger charge is -2.11. The summed E-state index contributed by atoms with van der Waals surface area (Å²) >= 11 is 0. The highest BCUT2D eigenvalue weighted by Gasteiger charge is 2.14. The minimum absolute atomic E-state index is 0. The summed E-state index contributed by atoms with van der Waals surface area (Å²) in [7, 11) is 3.42. The van der Waals surface area contributed by atoms with Gasteiger partial charge in [0.05, 0.1) is 0 Å². The molecule has 0 saturated carbocycles. The Morgan fingerprint density at radius 2 is 1.86 bits per heavy atom. The SMILES string of the molecule is CN(C)C(=O)c1ccc(C(=O)NCCC2CCNC2)cc1.Cl. The van der Waals surface area contributed by atoms with E-state index in [4.69, 9.17) is 0 Å². The number of hydrogen-bond acceptors (Lipinski definition) is 3.